The Bertz CT molecular complexity index is 1700. The maximum atomic E-state index is 12.9. The molecule has 0 radical (unpaired) electrons. The van der Waals surface area contributed by atoms with E-state index in [4.69, 9.17) is 36.0 Å². The highest BCUT2D eigenvalue weighted by Gasteiger charge is 2.49. The Morgan fingerprint density at radius 2 is 1.85 bits per heavy atom. The van der Waals surface area contributed by atoms with Gasteiger partial charge in [-0.1, -0.05) is 11.6 Å². The summed E-state index contributed by atoms with van der Waals surface area (Å²) in [4.78, 5) is 44.9. The fraction of sp³-hybridized carbons (Fsp3) is 0.516. The number of piperidine rings is 1. The normalized spacial score (nSPS) is 17.6. The second-order valence-electron chi connectivity index (χ2n) is 12.0. The molecule has 2 aromatic heterocycles. The summed E-state index contributed by atoms with van der Waals surface area (Å²) in [6.07, 6.45) is 1.50. The van der Waals surface area contributed by atoms with Crippen molar-refractivity contribution in [2.45, 2.75) is 57.5 Å². The van der Waals surface area contributed by atoms with E-state index in [0.717, 1.165) is 55.6 Å². The van der Waals surface area contributed by atoms with Crippen molar-refractivity contribution in [2.75, 3.05) is 50.1 Å². The van der Waals surface area contributed by atoms with Gasteiger partial charge in [0.2, 0.25) is 5.95 Å². The molecule has 3 aliphatic rings. The van der Waals surface area contributed by atoms with Crippen LogP contribution in [-0.2, 0) is 20.9 Å². The molecule has 4 heterocycles. The smallest absolute Gasteiger partial charge is 0.478 e. The number of hydrogen-bond donors (Lipinski definition) is 4. The minimum Gasteiger partial charge on any atom is -0.478 e. The number of aliphatic carboxylic acids is 1. The van der Waals surface area contributed by atoms with Gasteiger partial charge in [0.25, 0.3) is 11.5 Å². The van der Waals surface area contributed by atoms with E-state index in [1.807, 2.05) is 25.1 Å². The van der Waals surface area contributed by atoms with Crippen LogP contribution in [0.2, 0.25) is 5.02 Å². The highest BCUT2D eigenvalue weighted by molar-refractivity contribution is 6.32. The van der Waals surface area contributed by atoms with Gasteiger partial charge in [-0.15, -0.1) is 0 Å². The summed E-state index contributed by atoms with van der Waals surface area (Å²) in [5.74, 6) is -1.82. The number of ether oxygens (including phenoxy) is 2. The summed E-state index contributed by atoms with van der Waals surface area (Å²) in [6, 6.07) is 7.31. The lowest BCUT2D eigenvalue weighted by Gasteiger charge is -2.54. The number of carboxylic acids is 1. The number of aryl methyl sites for hydroxylation is 1. The first-order valence-electron chi connectivity index (χ1n) is 15.5. The Hall–Kier alpha value is -4.15. The van der Waals surface area contributed by atoms with Crippen molar-refractivity contribution >= 4 is 51.8 Å². The molecule has 1 spiro atoms. The molecule has 3 fully saturated rings. The number of carbonyl (C=O) groups excluding carboxylic acids is 1. The van der Waals surface area contributed by atoms with Gasteiger partial charge in [0.1, 0.15) is 5.02 Å². The standard InChI is InChI=1S/C29H36ClN7O4.C2HF3O2/c1-3-37-23-5-4-19(10-18(23)11-24(27(37)39)40-15-25(38)31-2)34-26-22(30)14-33-28(35-26)36-8-6-20(7-9-36)41-21-12-29(13-21)16-32-17-29;3-2(4,5)1(6)7/h4-5,10-11,14,20-21,32H,3,6-9,12-13,15-17H2,1-2H3,(H,31,38)(H,33,34,35);(H,6,7). The Balaban J connectivity index is 0.000000582. The second-order valence-corrected chi connectivity index (χ2v) is 12.5. The largest absolute Gasteiger partial charge is 0.490 e. The number of fused-ring (bicyclic) bond motifs is 1. The number of rotatable bonds is 9. The zero-order valence-corrected chi connectivity index (χ0v) is 27.2. The van der Waals surface area contributed by atoms with Crippen molar-refractivity contribution in [3.8, 4) is 5.75 Å². The summed E-state index contributed by atoms with van der Waals surface area (Å²) in [7, 11) is 1.52. The number of carbonyl (C=O) groups is 2. The summed E-state index contributed by atoms with van der Waals surface area (Å²) < 4.78 is 45.3. The highest BCUT2D eigenvalue weighted by atomic mass is 35.5. The molecule has 13 nitrogen and oxygen atoms in total. The van der Waals surface area contributed by atoms with E-state index in [1.165, 1.54) is 19.9 Å². The van der Waals surface area contributed by atoms with Crippen LogP contribution in [0.5, 0.6) is 5.75 Å². The molecule has 2 aliphatic heterocycles. The topological polar surface area (TPSA) is 160 Å². The first kappa shape index (κ1) is 35.2. The molecule has 1 saturated carbocycles. The molecule has 6 rings (SSSR count). The predicted molar refractivity (Wildman–Crippen MR) is 172 cm³/mol. The van der Waals surface area contributed by atoms with E-state index in [0.29, 0.717) is 34.9 Å². The Labute approximate surface area is 278 Å². The molecule has 2 saturated heterocycles. The van der Waals surface area contributed by atoms with E-state index < -0.39 is 12.1 Å². The predicted octanol–water partition coefficient (Wildman–Crippen LogP) is 3.70. The Morgan fingerprint density at radius 1 is 1.17 bits per heavy atom. The average Bonchev–Trinajstić information content (AvgIpc) is 3.02. The molecule has 4 N–H and O–H groups in total. The number of benzene rings is 1. The molecular formula is C31H37ClF3N7O6. The van der Waals surface area contributed by atoms with Crippen LogP contribution in [-0.4, -0.2) is 89.7 Å². The van der Waals surface area contributed by atoms with Crippen molar-refractivity contribution in [3.63, 3.8) is 0 Å². The number of anilines is 3. The van der Waals surface area contributed by atoms with Crippen molar-refractivity contribution in [1.82, 2.24) is 25.2 Å². The van der Waals surface area contributed by atoms with Gasteiger partial charge in [-0.3, -0.25) is 9.59 Å². The lowest BCUT2D eigenvalue weighted by Crippen LogP contribution is -2.62. The van der Waals surface area contributed by atoms with Gasteiger partial charge < -0.3 is 40.0 Å². The van der Waals surface area contributed by atoms with Gasteiger partial charge in [0.15, 0.2) is 18.2 Å². The highest BCUT2D eigenvalue weighted by Crippen LogP contribution is 2.46. The minimum absolute atomic E-state index is 0.117. The summed E-state index contributed by atoms with van der Waals surface area (Å²) >= 11 is 6.49. The molecule has 1 amide bonds. The quantitative estimate of drug-likeness (QED) is 0.259. The van der Waals surface area contributed by atoms with Gasteiger partial charge in [-0.05, 0) is 56.9 Å². The number of likely N-dealkylation sites (N-methyl/N-ethyl adjacent to an activating group) is 1. The molecule has 0 bridgehead atoms. The van der Waals surface area contributed by atoms with Crippen molar-refractivity contribution in [1.29, 1.82) is 0 Å². The summed E-state index contributed by atoms with van der Waals surface area (Å²) in [5.41, 5.74) is 1.75. The number of amides is 1. The number of pyridine rings is 1. The third-order valence-electron chi connectivity index (χ3n) is 8.68. The van der Waals surface area contributed by atoms with E-state index in [2.05, 4.69) is 25.8 Å². The molecule has 3 aromatic rings. The Kier molecular flexibility index (Phi) is 10.7. The number of carboxylic acid groups (broad SMARTS) is 1. The zero-order valence-electron chi connectivity index (χ0n) is 26.4. The van der Waals surface area contributed by atoms with Crippen LogP contribution < -0.4 is 31.1 Å². The number of hydrogen-bond acceptors (Lipinski definition) is 10. The maximum Gasteiger partial charge on any atom is 0.490 e. The third-order valence-corrected chi connectivity index (χ3v) is 8.96. The molecule has 17 heteroatoms. The van der Waals surface area contributed by atoms with Gasteiger partial charge >= 0.3 is 12.1 Å². The van der Waals surface area contributed by atoms with Gasteiger partial charge in [-0.2, -0.15) is 18.2 Å². The van der Waals surface area contributed by atoms with Crippen LogP contribution in [0.15, 0.2) is 35.3 Å². The van der Waals surface area contributed by atoms with Crippen molar-refractivity contribution < 1.29 is 37.3 Å². The number of aromatic nitrogens is 3. The molecular weight excluding hydrogens is 659 g/mol. The van der Waals surface area contributed by atoms with Crippen molar-refractivity contribution in [3.05, 3.63) is 45.8 Å². The van der Waals surface area contributed by atoms with Gasteiger partial charge in [0, 0.05) is 56.3 Å². The van der Waals surface area contributed by atoms with Gasteiger partial charge in [0.05, 0.1) is 23.9 Å². The molecule has 0 atom stereocenters. The fourth-order valence-corrected chi connectivity index (χ4v) is 6.18. The molecule has 48 heavy (non-hydrogen) atoms. The van der Waals surface area contributed by atoms with Crippen molar-refractivity contribution in [2.24, 2.45) is 5.41 Å². The van der Waals surface area contributed by atoms with E-state index in [-0.39, 0.29) is 29.9 Å². The average molecular weight is 696 g/mol. The van der Waals surface area contributed by atoms with Crippen LogP contribution in [0.25, 0.3) is 10.9 Å². The fourth-order valence-electron chi connectivity index (χ4n) is 6.04. The van der Waals surface area contributed by atoms with Crippen LogP contribution in [0.4, 0.5) is 30.6 Å². The number of halogens is 4. The second kappa shape index (κ2) is 14.5. The molecule has 260 valence electrons. The van der Waals surface area contributed by atoms with Crippen LogP contribution in [0.1, 0.15) is 32.6 Å². The first-order chi connectivity index (χ1) is 22.8. The minimum atomic E-state index is -5.08. The summed E-state index contributed by atoms with van der Waals surface area (Å²) in [6.45, 7) is 6.05. The van der Waals surface area contributed by atoms with Crippen LogP contribution >= 0.6 is 11.6 Å². The molecule has 0 unspecified atom stereocenters. The van der Waals surface area contributed by atoms with E-state index in [1.54, 1.807) is 16.8 Å². The SMILES string of the molecule is CCn1c(=O)c(OCC(=O)NC)cc2cc(Nc3nc(N4CCC(OC5CC6(CNC6)C5)CC4)ncc3Cl)ccc21.O=C(O)C(F)(F)F. The Morgan fingerprint density at radius 3 is 2.44 bits per heavy atom. The van der Waals surface area contributed by atoms with E-state index in [9.17, 15) is 22.8 Å². The molecule has 1 aliphatic carbocycles. The summed E-state index contributed by atoms with van der Waals surface area (Å²) in [5, 5.41) is 17.5. The third kappa shape index (κ3) is 8.10. The monoisotopic (exact) mass is 695 g/mol. The van der Waals surface area contributed by atoms with Crippen LogP contribution in [0, 0.1) is 5.41 Å². The maximum absolute atomic E-state index is 12.9. The number of nitrogens with zero attached hydrogens (tertiary/aromatic N) is 4. The first-order valence-corrected chi connectivity index (χ1v) is 15.9. The number of nitrogens with one attached hydrogen (secondary N) is 3. The zero-order chi connectivity index (χ0) is 34.6. The molecule has 1 aromatic carbocycles. The number of alkyl halides is 3. The lowest BCUT2D eigenvalue weighted by atomic mass is 9.63. The van der Waals surface area contributed by atoms with Crippen LogP contribution in [0.3, 0.4) is 0 Å². The van der Waals surface area contributed by atoms with E-state index >= 15 is 0 Å². The lowest BCUT2D eigenvalue weighted by molar-refractivity contribution is -0.192. The van der Waals surface area contributed by atoms with Gasteiger partial charge in [-0.25, -0.2) is 9.78 Å².